The first-order valence-electron chi connectivity index (χ1n) is 7.86. The van der Waals surface area contributed by atoms with Crippen molar-refractivity contribution < 1.29 is 0 Å². The van der Waals surface area contributed by atoms with Gasteiger partial charge in [-0.15, -0.1) is 0 Å². The minimum Gasteiger partial charge on any atom is -0.314 e. The molecule has 0 spiro atoms. The number of hydrogen-bond donors (Lipinski definition) is 2. The first-order chi connectivity index (χ1) is 9.79. The highest BCUT2D eigenvalue weighted by molar-refractivity contribution is 5.21. The zero-order valence-electron chi connectivity index (χ0n) is 12.2. The SMILES string of the molecule is CCC(c1nc2c(c(=O)[nH]1)CCCC2)N1CCNCC1. The van der Waals surface area contributed by atoms with E-state index in [1.807, 2.05) is 0 Å². The van der Waals surface area contributed by atoms with Gasteiger partial charge in [-0.1, -0.05) is 6.92 Å². The van der Waals surface area contributed by atoms with Gasteiger partial charge < -0.3 is 10.3 Å². The first-order valence-corrected chi connectivity index (χ1v) is 7.86. The Morgan fingerprint density at radius 3 is 2.75 bits per heavy atom. The zero-order chi connectivity index (χ0) is 13.9. The average molecular weight is 276 g/mol. The van der Waals surface area contributed by atoms with E-state index >= 15 is 0 Å². The van der Waals surface area contributed by atoms with Crippen LogP contribution in [0.25, 0.3) is 0 Å². The van der Waals surface area contributed by atoms with Gasteiger partial charge in [-0.3, -0.25) is 9.69 Å². The highest BCUT2D eigenvalue weighted by Crippen LogP contribution is 2.23. The summed E-state index contributed by atoms with van der Waals surface area (Å²) in [6.07, 6.45) is 5.12. The molecule has 1 saturated heterocycles. The monoisotopic (exact) mass is 276 g/mol. The van der Waals surface area contributed by atoms with E-state index in [0.717, 1.165) is 75.4 Å². The molecule has 5 heteroatoms. The van der Waals surface area contributed by atoms with E-state index in [9.17, 15) is 4.79 Å². The molecule has 2 heterocycles. The Labute approximate surface area is 119 Å². The molecule has 0 saturated carbocycles. The third-order valence-electron chi connectivity index (χ3n) is 4.50. The van der Waals surface area contributed by atoms with Gasteiger partial charge >= 0.3 is 0 Å². The van der Waals surface area contributed by atoms with Crippen molar-refractivity contribution in [3.05, 3.63) is 27.4 Å². The number of aryl methyl sites for hydroxylation is 1. The van der Waals surface area contributed by atoms with Crippen LogP contribution in [-0.4, -0.2) is 41.0 Å². The molecule has 20 heavy (non-hydrogen) atoms. The van der Waals surface area contributed by atoms with Gasteiger partial charge in [0.15, 0.2) is 0 Å². The smallest absolute Gasteiger partial charge is 0.254 e. The highest BCUT2D eigenvalue weighted by atomic mass is 16.1. The van der Waals surface area contributed by atoms with Crippen LogP contribution >= 0.6 is 0 Å². The number of aromatic amines is 1. The van der Waals surface area contributed by atoms with Crippen LogP contribution in [0.2, 0.25) is 0 Å². The number of H-pyrrole nitrogens is 1. The van der Waals surface area contributed by atoms with Crippen LogP contribution in [0.15, 0.2) is 4.79 Å². The van der Waals surface area contributed by atoms with Crippen molar-refractivity contribution in [2.24, 2.45) is 0 Å². The summed E-state index contributed by atoms with van der Waals surface area (Å²) in [5.74, 6) is 0.875. The zero-order valence-corrected chi connectivity index (χ0v) is 12.2. The van der Waals surface area contributed by atoms with Crippen molar-refractivity contribution in [2.45, 2.75) is 45.1 Å². The van der Waals surface area contributed by atoms with Gasteiger partial charge in [0.25, 0.3) is 5.56 Å². The lowest BCUT2D eigenvalue weighted by atomic mass is 9.97. The maximum absolute atomic E-state index is 12.3. The fourth-order valence-corrected chi connectivity index (χ4v) is 3.40. The second-order valence-electron chi connectivity index (χ2n) is 5.79. The van der Waals surface area contributed by atoms with Crippen molar-refractivity contribution in [2.75, 3.05) is 26.2 Å². The molecule has 1 unspecified atom stereocenters. The molecule has 1 fully saturated rings. The van der Waals surface area contributed by atoms with E-state index < -0.39 is 0 Å². The summed E-state index contributed by atoms with van der Waals surface area (Å²) in [4.78, 5) is 22.6. The van der Waals surface area contributed by atoms with E-state index in [0.29, 0.717) is 0 Å². The Kier molecular flexibility index (Phi) is 4.17. The summed E-state index contributed by atoms with van der Waals surface area (Å²) >= 11 is 0. The molecule has 0 radical (unpaired) electrons. The number of nitrogens with one attached hydrogen (secondary N) is 2. The van der Waals surface area contributed by atoms with E-state index in [-0.39, 0.29) is 11.6 Å². The molecule has 1 aromatic rings. The standard InChI is InChI=1S/C15H24N4O/c1-2-13(19-9-7-16-8-10-19)14-17-12-6-4-3-5-11(12)15(20)18-14/h13,16H,2-10H2,1H3,(H,17,18,20). The number of aromatic nitrogens is 2. The molecule has 0 amide bonds. The predicted molar refractivity (Wildman–Crippen MR) is 79.0 cm³/mol. The molecule has 1 aliphatic heterocycles. The normalized spacial score (nSPS) is 21.4. The Balaban J connectivity index is 1.91. The van der Waals surface area contributed by atoms with Crippen LogP contribution in [0, 0.1) is 0 Å². The lowest BCUT2D eigenvalue weighted by Crippen LogP contribution is -2.45. The molecule has 2 N–H and O–H groups in total. The second kappa shape index (κ2) is 6.06. The first kappa shape index (κ1) is 13.8. The third-order valence-corrected chi connectivity index (χ3v) is 4.50. The van der Waals surface area contributed by atoms with E-state index in [1.54, 1.807) is 0 Å². The van der Waals surface area contributed by atoms with Crippen molar-refractivity contribution in [3.63, 3.8) is 0 Å². The fourth-order valence-electron chi connectivity index (χ4n) is 3.40. The predicted octanol–water partition coefficient (Wildman–Crippen LogP) is 1.00. The van der Waals surface area contributed by atoms with Gasteiger partial charge in [0.2, 0.25) is 0 Å². The highest BCUT2D eigenvalue weighted by Gasteiger charge is 2.24. The van der Waals surface area contributed by atoms with Crippen molar-refractivity contribution in [3.8, 4) is 0 Å². The van der Waals surface area contributed by atoms with Crippen LogP contribution in [0.4, 0.5) is 0 Å². The molecule has 1 aromatic heterocycles. The molecule has 1 atom stereocenters. The largest absolute Gasteiger partial charge is 0.314 e. The summed E-state index contributed by atoms with van der Waals surface area (Å²) in [6.45, 7) is 6.27. The Hall–Kier alpha value is -1.20. The molecular formula is C15H24N4O. The lowest BCUT2D eigenvalue weighted by molar-refractivity contribution is 0.162. The van der Waals surface area contributed by atoms with Crippen LogP contribution in [0.3, 0.4) is 0 Å². The lowest BCUT2D eigenvalue weighted by Gasteiger charge is -2.34. The summed E-state index contributed by atoms with van der Waals surface area (Å²) in [5.41, 5.74) is 2.07. The molecular weight excluding hydrogens is 252 g/mol. The average Bonchev–Trinajstić information content (AvgIpc) is 2.49. The van der Waals surface area contributed by atoms with Crippen LogP contribution < -0.4 is 10.9 Å². The number of rotatable bonds is 3. The quantitative estimate of drug-likeness (QED) is 0.865. The fraction of sp³-hybridized carbons (Fsp3) is 0.733. The van der Waals surface area contributed by atoms with Gasteiger partial charge in [0, 0.05) is 31.7 Å². The Morgan fingerprint density at radius 1 is 1.25 bits per heavy atom. The third kappa shape index (κ3) is 2.65. The molecule has 110 valence electrons. The van der Waals surface area contributed by atoms with Crippen molar-refractivity contribution in [1.82, 2.24) is 20.2 Å². The van der Waals surface area contributed by atoms with Crippen LogP contribution in [0.5, 0.6) is 0 Å². The molecule has 2 aliphatic rings. The molecule has 1 aliphatic carbocycles. The summed E-state index contributed by atoms with van der Waals surface area (Å²) in [5, 5.41) is 3.37. The van der Waals surface area contributed by atoms with Crippen molar-refractivity contribution in [1.29, 1.82) is 0 Å². The van der Waals surface area contributed by atoms with Gasteiger partial charge in [-0.25, -0.2) is 4.98 Å². The number of piperazine rings is 1. The number of fused-ring (bicyclic) bond motifs is 1. The summed E-state index contributed by atoms with van der Waals surface area (Å²) < 4.78 is 0. The van der Waals surface area contributed by atoms with E-state index in [2.05, 4.69) is 22.1 Å². The van der Waals surface area contributed by atoms with Crippen molar-refractivity contribution >= 4 is 0 Å². The summed E-state index contributed by atoms with van der Waals surface area (Å²) in [7, 11) is 0. The van der Waals surface area contributed by atoms with Gasteiger partial charge in [0.05, 0.1) is 11.7 Å². The van der Waals surface area contributed by atoms with E-state index in [1.165, 1.54) is 0 Å². The molecule has 0 bridgehead atoms. The minimum atomic E-state index is 0.0956. The minimum absolute atomic E-state index is 0.0956. The van der Waals surface area contributed by atoms with Gasteiger partial charge in [-0.05, 0) is 32.1 Å². The summed E-state index contributed by atoms with van der Waals surface area (Å²) in [6, 6.07) is 0.247. The maximum Gasteiger partial charge on any atom is 0.254 e. The molecule has 3 rings (SSSR count). The van der Waals surface area contributed by atoms with Crippen LogP contribution in [-0.2, 0) is 12.8 Å². The molecule has 5 nitrogen and oxygen atoms in total. The topological polar surface area (TPSA) is 61.0 Å². The number of nitrogens with zero attached hydrogens (tertiary/aromatic N) is 2. The number of hydrogen-bond acceptors (Lipinski definition) is 4. The Bertz CT molecular complexity index is 519. The van der Waals surface area contributed by atoms with E-state index in [4.69, 9.17) is 4.98 Å². The maximum atomic E-state index is 12.3. The molecule has 0 aromatic carbocycles. The van der Waals surface area contributed by atoms with Crippen LogP contribution in [0.1, 0.15) is 49.3 Å². The van der Waals surface area contributed by atoms with Gasteiger partial charge in [0.1, 0.15) is 5.82 Å². The Morgan fingerprint density at radius 2 is 2.00 bits per heavy atom. The van der Waals surface area contributed by atoms with Gasteiger partial charge in [-0.2, -0.15) is 0 Å². The second-order valence-corrected chi connectivity index (χ2v) is 5.79.